The van der Waals surface area contributed by atoms with Crippen molar-refractivity contribution in [2.75, 3.05) is 6.54 Å². The monoisotopic (exact) mass is 378 g/mol. The Labute approximate surface area is 153 Å². The molecule has 0 saturated heterocycles. The summed E-state index contributed by atoms with van der Waals surface area (Å²) in [6.45, 7) is -0.00849. The fourth-order valence-electron chi connectivity index (χ4n) is 2.59. The first-order chi connectivity index (χ1) is 12.8. The highest BCUT2D eigenvalue weighted by Gasteiger charge is 2.34. The topological polar surface area (TPSA) is 59.5 Å². The normalized spacial score (nSPS) is 11.6. The SMILES string of the molecule is Cc1oc(-c2ccccc2)nc1CC(=O)N(Cc1ccco1)CC(F)(F)F. The number of aryl methyl sites for hydroxylation is 1. The minimum atomic E-state index is -4.52. The van der Waals surface area contributed by atoms with E-state index >= 15 is 0 Å². The Hall–Kier alpha value is -3.03. The third-order valence-corrected chi connectivity index (χ3v) is 3.88. The van der Waals surface area contributed by atoms with Gasteiger partial charge in [-0.2, -0.15) is 13.2 Å². The number of hydrogen-bond acceptors (Lipinski definition) is 4. The Balaban J connectivity index is 1.77. The fourth-order valence-corrected chi connectivity index (χ4v) is 2.59. The summed E-state index contributed by atoms with van der Waals surface area (Å²) in [5.41, 5.74) is 1.03. The summed E-state index contributed by atoms with van der Waals surface area (Å²) in [5, 5.41) is 0. The minimum Gasteiger partial charge on any atom is -0.467 e. The molecular weight excluding hydrogens is 361 g/mol. The van der Waals surface area contributed by atoms with E-state index in [9.17, 15) is 18.0 Å². The van der Waals surface area contributed by atoms with E-state index < -0.39 is 18.6 Å². The minimum absolute atomic E-state index is 0.270. The number of benzene rings is 1. The van der Waals surface area contributed by atoms with Crippen LogP contribution in [0.4, 0.5) is 13.2 Å². The number of carbonyl (C=O) groups is 1. The highest BCUT2D eigenvalue weighted by molar-refractivity contribution is 5.78. The number of nitrogens with zero attached hydrogens (tertiary/aromatic N) is 2. The van der Waals surface area contributed by atoms with Crippen LogP contribution >= 0.6 is 0 Å². The largest absolute Gasteiger partial charge is 0.467 e. The molecule has 2 heterocycles. The van der Waals surface area contributed by atoms with Crippen LogP contribution in [0.15, 0.2) is 57.6 Å². The van der Waals surface area contributed by atoms with Crippen LogP contribution < -0.4 is 0 Å². The van der Waals surface area contributed by atoms with Crippen molar-refractivity contribution in [1.82, 2.24) is 9.88 Å². The zero-order valence-electron chi connectivity index (χ0n) is 14.5. The van der Waals surface area contributed by atoms with Crippen LogP contribution in [0.5, 0.6) is 0 Å². The molecule has 0 atom stereocenters. The van der Waals surface area contributed by atoms with Crippen molar-refractivity contribution < 1.29 is 26.8 Å². The molecule has 3 aromatic rings. The summed E-state index contributed by atoms with van der Waals surface area (Å²) < 4.78 is 49.3. The van der Waals surface area contributed by atoms with Gasteiger partial charge in [-0.05, 0) is 31.2 Å². The molecule has 0 bridgehead atoms. The van der Waals surface area contributed by atoms with E-state index in [1.165, 1.54) is 12.3 Å². The summed E-state index contributed by atoms with van der Waals surface area (Å²) in [6, 6.07) is 12.1. The lowest BCUT2D eigenvalue weighted by atomic mass is 10.2. The van der Waals surface area contributed by atoms with E-state index in [-0.39, 0.29) is 18.7 Å². The number of halogens is 3. The maximum Gasteiger partial charge on any atom is 0.406 e. The molecular formula is C19H17F3N2O3. The second-order valence-corrected chi connectivity index (χ2v) is 6.01. The molecule has 8 heteroatoms. The Kier molecular flexibility index (Phi) is 5.34. The number of hydrogen-bond donors (Lipinski definition) is 0. The van der Waals surface area contributed by atoms with Crippen molar-refractivity contribution >= 4 is 5.91 Å². The van der Waals surface area contributed by atoms with E-state index in [1.54, 1.807) is 25.1 Å². The Morgan fingerprint density at radius 1 is 1.15 bits per heavy atom. The van der Waals surface area contributed by atoms with Crippen LogP contribution in [-0.2, 0) is 17.8 Å². The fraction of sp³-hybridized carbons (Fsp3) is 0.263. The summed E-state index contributed by atoms with van der Waals surface area (Å²) in [4.78, 5) is 17.5. The van der Waals surface area contributed by atoms with E-state index in [0.717, 1.165) is 5.56 Å². The molecule has 0 aliphatic heterocycles. The van der Waals surface area contributed by atoms with Crippen LogP contribution in [0.3, 0.4) is 0 Å². The molecule has 1 aromatic carbocycles. The highest BCUT2D eigenvalue weighted by atomic mass is 19.4. The molecule has 0 N–H and O–H groups in total. The van der Waals surface area contributed by atoms with Gasteiger partial charge >= 0.3 is 6.18 Å². The van der Waals surface area contributed by atoms with Crippen molar-refractivity contribution in [2.24, 2.45) is 0 Å². The standard InChI is InChI=1S/C19H17F3N2O3/c1-13-16(23-18(27-13)14-6-3-2-4-7-14)10-17(25)24(12-19(20,21)22)11-15-8-5-9-26-15/h2-9H,10-12H2,1H3. The van der Waals surface area contributed by atoms with Gasteiger partial charge in [0.15, 0.2) is 0 Å². The van der Waals surface area contributed by atoms with Gasteiger partial charge in [-0.3, -0.25) is 4.79 Å². The average Bonchev–Trinajstić information content (AvgIpc) is 3.24. The summed E-state index contributed by atoms with van der Waals surface area (Å²) in [6.07, 6.45) is -3.46. The first-order valence-corrected chi connectivity index (χ1v) is 8.20. The Bertz CT molecular complexity index is 887. The van der Waals surface area contributed by atoms with Gasteiger partial charge < -0.3 is 13.7 Å². The van der Waals surface area contributed by atoms with Gasteiger partial charge in [0.25, 0.3) is 0 Å². The number of rotatable bonds is 6. The highest BCUT2D eigenvalue weighted by Crippen LogP contribution is 2.23. The number of aromatic nitrogens is 1. The lowest BCUT2D eigenvalue weighted by molar-refractivity contribution is -0.162. The molecule has 0 unspecified atom stereocenters. The predicted octanol–water partition coefficient (Wildman–Crippen LogP) is 4.38. The molecule has 0 fully saturated rings. The van der Waals surface area contributed by atoms with Gasteiger partial charge in [0, 0.05) is 5.56 Å². The predicted molar refractivity (Wildman–Crippen MR) is 90.6 cm³/mol. The van der Waals surface area contributed by atoms with Crippen LogP contribution in [-0.4, -0.2) is 28.5 Å². The summed E-state index contributed by atoms with van der Waals surface area (Å²) >= 11 is 0. The molecule has 1 amide bonds. The number of alkyl halides is 3. The van der Waals surface area contributed by atoms with Gasteiger partial charge in [0.2, 0.25) is 11.8 Å². The van der Waals surface area contributed by atoms with Gasteiger partial charge in [0.1, 0.15) is 18.1 Å². The molecule has 0 spiro atoms. The third-order valence-electron chi connectivity index (χ3n) is 3.88. The molecule has 142 valence electrons. The van der Waals surface area contributed by atoms with Crippen molar-refractivity contribution in [3.63, 3.8) is 0 Å². The molecule has 27 heavy (non-hydrogen) atoms. The Morgan fingerprint density at radius 3 is 2.52 bits per heavy atom. The van der Waals surface area contributed by atoms with E-state index in [1.807, 2.05) is 18.2 Å². The van der Waals surface area contributed by atoms with Crippen molar-refractivity contribution in [2.45, 2.75) is 26.1 Å². The second kappa shape index (κ2) is 7.69. The van der Waals surface area contributed by atoms with Crippen LogP contribution in [0.25, 0.3) is 11.5 Å². The van der Waals surface area contributed by atoms with Crippen molar-refractivity contribution in [1.29, 1.82) is 0 Å². The molecule has 3 rings (SSSR count). The summed E-state index contributed by atoms with van der Waals surface area (Å²) in [5.74, 6) is 0.283. The lowest BCUT2D eigenvalue weighted by Gasteiger charge is -2.22. The van der Waals surface area contributed by atoms with Crippen LogP contribution in [0.1, 0.15) is 17.2 Å². The number of oxazole rings is 1. The number of furan rings is 1. The van der Waals surface area contributed by atoms with Crippen LogP contribution in [0.2, 0.25) is 0 Å². The molecule has 0 aliphatic carbocycles. The molecule has 0 radical (unpaired) electrons. The molecule has 2 aromatic heterocycles. The molecule has 5 nitrogen and oxygen atoms in total. The molecule has 0 aliphatic rings. The van der Waals surface area contributed by atoms with Gasteiger partial charge in [-0.15, -0.1) is 0 Å². The van der Waals surface area contributed by atoms with Crippen molar-refractivity contribution in [3.8, 4) is 11.5 Å². The smallest absolute Gasteiger partial charge is 0.406 e. The van der Waals surface area contributed by atoms with Gasteiger partial charge in [-0.25, -0.2) is 4.98 Å². The lowest BCUT2D eigenvalue weighted by Crippen LogP contribution is -2.39. The maximum atomic E-state index is 12.9. The van der Waals surface area contributed by atoms with E-state index in [2.05, 4.69) is 4.98 Å². The van der Waals surface area contributed by atoms with Gasteiger partial charge in [0.05, 0.1) is 24.9 Å². The van der Waals surface area contributed by atoms with E-state index in [0.29, 0.717) is 22.2 Å². The quantitative estimate of drug-likeness (QED) is 0.639. The number of amides is 1. The van der Waals surface area contributed by atoms with Crippen LogP contribution in [0, 0.1) is 6.92 Å². The maximum absolute atomic E-state index is 12.9. The summed E-state index contributed by atoms with van der Waals surface area (Å²) in [7, 11) is 0. The van der Waals surface area contributed by atoms with Crippen molar-refractivity contribution in [3.05, 3.63) is 65.9 Å². The zero-order chi connectivity index (χ0) is 19.4. The molecule has 0 saturated carbocycles. The third kappa shape index (κ3) is 4.99. The second-order valence-electron chi connectivity index (χ2n) is 6.01. The average molecular weight is 378 g/mol. The first-order valence-electron chi connectivity index (χ1n) is 8.20. The number of carbonyl (C=O) groups excluding carboxylic acids is 1. The van der Waals surface area contributed by atoms with Gasteiger partial charge in [-0.1, -0.05) is 18.2 Å². The van der Waals surface area contributed by atoms with E-state index in [4.69, 9.17) is 8.83 Å². The zero-order valence-corrected chi connectivity index (χ0v) is 14.5. The first kappa shape index (κ1) is 18.8. The Morgan fingerprint density at radius 2 is 1.89 bits per heavy atom.